The summed E-state index contributed by atoms with van der Waals surface area (Å²) >= 11 is 0. The van der Waals surface area contributed by atoms with Gasteiger partial charge in [0.05, 0.1) is 12.1 Å². The molecule has 3 aromatic carbocycles. The summed E-state index contributed by atoms with van der Waals surface area (Å²) in [6, 6.07) is 32.9. The molecule has 3 aromatic rings. The van der Waals surface area contributed by atoms with E-state index < -0.39 is 0 Å². The topological polar surface area (TPSA) is 27.6 Å². The van der Waals surface area contributed by atoms with Crippen molar-refractivity contribution in [3.8, 4) is 0 Å². The first-order chi connectivity index (χ1) is 13.4. The zero-order valence-corrected chi connectivity index (χ0v) is 15.2. The van der Waals surface area contributed by atoms with Gasteiger partial charge in [-0.1, -0.05) is 91.0 Å². The normalized spacial score (nSPS) is 23.6. The molecule has 1 saturated heterocycles. The molecule has 0 spiro atoms. The van der Waals surface area contributed by atoms with Crippen LogP contribution in [-0.4, -0.2) is 23.4 Å². The van der Waals surface area contributed by atoms with Crippen LogP contribution in [0.5, 0.6) is 0 Å². The van der Waals surface area contributed by atoms with Crippen molar-refractivity contribution in [3.63, 3.8) is 0 Å². The molecule has 2 aliphatic rings. The lowest BCUT2D eigenvalue weighted by Gasteiger charge is -2.27. The van der Waals surface area contributed by atoms with Gasteiger partial charge >= 0.3 is 0 Å². The van der Waals surface area contributed by atoms with Gasteiger partial charge < -0.3 is 10.2 Å². The van der Waals surface area contributed by atoms with Gasteiger partial charge in [0.25, 0.3) is 0 Å². The lowest BCUT2D eigenvalue weighted by atomic mass is 9.93. The fraction of sp³-hybridized carbons (Fsp3) is 0.208. The highest BCUT2D eigenvalue weighted by atomic mass is 15.4. The van der Waals surface area contributed by atoms with Crippen LogP contribution in [0.25, 0.3) is 0 Å². The summed E-state index contributed by atoms with van der Waals surface area (Å²) in [5.41, 5.74) is 3.97. The Kier molecular flexibility index (Phi) is 4.13. The van der Waals surface area contributed by atoms with Gasteiger partial charge in [0, 0.05) is 6.54 Å². The van der Waals surface area contributed by atoms with Gasteiger partial charge in [-0.3, -0.25) is 0 Å². The highest BCUT2D eigenvalue weighted by Crippen LogP contribution is 2.43. The number of fused-ring (bicyclic) bond motifs is 1. The standard InChI is InChI=1S/C24H23N3/c1-4-10-18(11-5-1)16-21-17-27-23(20-14-8-3-9-15-20)22(26-24(27)25-21)19-12-6-2-7-13-19/h1-15,21-23H,16-17H2,(H,25,26)/t21-,22-,23-/m0/s1. The summed E-state index contributed by atoms with van der Waals surface area (Å²) in [4.78, 5) is 7.56. The van der Waals surface area contributed by atoms with E-state index in [-0.39, 0.29) is 12.1 Å². The van der Waals surface area contributed by atoms with Crippen molar-refractivity contribution in [1.29, 1.82) is 0 Å². The largest absolute Gasteiger partial charge is 0.351 e. The number of guanidine groups is 1. The Morgan fingerprint density at radius 1 is 0.778 bits per heavy atom. The van der Waals surface area contributed by atoms with Crippen LogP contribution in [0.4, 0.5) is 0 Å². The minimum atomic E-state index is 0.133. The average Bonchev–Trinajstić information content (AvgIpc) is 3.27. The van der Waals surface area contributed by atoms with E-state index in [1.165, 1.54) is 16.7 Å². The number of nitrogens with one attached hydrogen (secondary N) is 1. The number of aliphatic imine (C=N–C) groups is 1. The third-order valence-electron chi connectivity index (χ3n) is 5.53. The van der Waals surface area contributed by atoms with Crippen LogP contribution in [0, 0.1) is 0 Å². The van der Waals surface area contributed by atoms with Gasteiger partial charge in [-0.2, -0.15) is 0 Å². The molecule has 2 aliphatic heterocycles. The second-order valence-electron chi connectivity index (χ2n) is 7.35. The van der Waals surface area contributed by atoms with Gasteiger partial charge in [0.1, 0.15) is 6.04 Å². The number of nitrogens with zero attached hydrogens (tertiary/aromatic N) is 2. The summed E-state index contributed by atoms with van der Waals surface area (Å²) in [5, 5.41) is 3.68. The minimum Gasteiger partial charge on any atom is -0.351 e. The second-order valence-corrected chi connectivity index (χ2v) is 7.35. The predicted octanol–water partition coefficient (Wildman–Crippen LogP) is 4.36. The zero-order chi connectivity index (χ0) is 18.1. The summed E-state index contributed by atoms with van der Waals surface area (Å²) in [5.74, 6) is 1.04. The molecule has 1 fully saturated rings. The van der Waals surface area contributed by atoms with Crippen molar-refractivity contribution >= 4 is 5.96 Å². The molecular weight excluding hydrogens is 330 g/mol. The zero-order valence-electron chi connectivity index (χ0n) is 15.2. The summed E-state index contributed by atoms with van der Waals surface area (Å²) in [6.07, 6.45) is 1.02. The van der Waals surface area contributed by atoms with E-state index >= 15 is 0 Å². The van der Waals surface area contributed by atoms with E-state index in [0.717, 1.165) is 18.9 Å². The Morgan fingerprint density at radius 2 is 1.37 bits per heavy atom. The van der Waals surface area contributed by atoms with Gasteiger partial charge in [-0.05, 0) is 23.1 Å². The smallest absolute Gasteiger partial charge is 0.195 e. The first-order valence-corrected chi connectivity index (χ1v) is 9.63. The molecule has 2 heterocycles. The van der Waals surface area contributed by atoms with Crippen molar-refractivity contribution in [3.05, 3.63) is 108 Å². The van der Waals surface area contributed by atoms with Crippen LogP contribution in [0.1, 0.15) is 28.8 Å². The van der Waals surface area contributed by atoms with Gasteiger partial charge in [0.15, 0.2) is 5.96 Å². The molecule has 3 nitrogen and oxygen atoms in total. The van der Waals surface area contributed by atoms with Gasteiger partial charge in [-0.15, -0.1) is 0 Å². The van der Waals surface area contributed by atoms with Gasteiger partial charge in [-0.25, -0.2) is 4.99 Å². The number of rotatable bonds is 4. The monoisotopic (exact) mass is 353 g/mol. The molecule has 1 N–H and O–H groups in total. The molecule has 0 radical (unpaired) electrons. The van der Waals surface area contributed by atoms with E-state index in [4.69, 9.17) is 4.99 Å². The minimum absolute atomic E-state index is 0.133. The summed E-state index contributed by atoms with van der Waals surface area (Å²) in [6.45, 7) is 0.983. The average molecular weight is 353 g/mol. The third kappa shape index (κ3) is 3.10. The molecule has 0 bridgehead atoms. The van der Waals surface area contributed by atoms with E-state index in [1.54, 1.807) is 0 Å². The molecule has 3 heteroatoms. The fourth-order valence-corrected chi connectivity index (χ4v) is 4.30. The predicted molar refractivity (Wildman–Crippen MR) is 110 cm³/mol. The third-order valence-corrected chi connectivity index (χ3v) is 5.53. The number of benzene rings is 3. The summed E-state index contributed by atoms with van der Waals surface area (Å²) in [7, 11) is 0. The lowest BCUT2D eigenvalue weighted by Crippen LogP contribution is -2.29. The van der Waals surface area contributed by atoms with Crippen LogP contribution < -0.4 is 5.32 Å². The van der Waals surface area contributed by atoms with Crippen LogP contribution in [-0.2, 0) is 6.42 Å². The first kappa shape index (κ1) is 16.1. The van der Waals surface area contributed by atoms with Crippen molar-refractivity contribution in [2.45, 2.75) is 24.5 Å². The first-order valence-electron chi connectivity index (χ1n) is 9.63. The quantitative estimate of drug-likeness (QED) is 0.755. The molecule has 0 aliphatic carbocycles. The maximum Gasteiger partial charge on any atom is 0.195 e. The molecule has 0 unspecified atom stereocenters. The molecule has 27 heavy (non-hydrogen) atoms. The highest BCUT2D eigenvalue weighted by molar-refractivity contribution is 5.85. The van der Waals surface area contributed by atoms with Crippen LogP contribution in [0.15, 0.2) is 96.0 Å². The van der Waals surface area contributed by atoms with Crippen LogP contribution in [0.3, 0.4) is 0 Å². The van der Waals surface area contributed by atoms with Crippen molar-refractivity contribution in [2.24, 2.45) is 4.99 Å². The van der Waals surface area contributed by atoms with Gasteiger partial charge in [0.2, 0.25) is 0 Å². The lowest BCUT2D eigenvalue weighted by molar-refractivity contribution is 0.317. The molecule has 0 saturated carbocycles. The van der Waals surface area contributed by atoms with E-state index in [1.807, 2.05) is 0 Å². The fourth-order valence-electron chi connectivity index (χ4n) is 4.30. The SMILES string of the molecule is c1ccc(C[C@H]2CN3C(=N[C@@H](c4ccccc4)[C@@H]3c3ccccc3)N2)cc1. The molecule has 5 rings (SSSR count). The van der Waals surface area contributed by atoms with Crippen LogP contribution in [0.2, 0.25) is 0 Å². The maximum absolute atomic E-state index is 5.10. The van der Waals surface area contributed by atoms with Crippen molar-refractivity contribution in [2.75, 3.05) is 6.54 Å². The van der Waals surface area contributed by atoms with E-state index in [0.29, 0.717) is 6.04 Å². The molecule has 0 amide bonds. The van der Waals surface area contributed by atoms with Crippen molar-refractivity contribution < 1.29 is 0 Å². The molecule has 3 atom stereocenters. The highest BCUT2D eigenvalue weighted by Gasteiger charge is 2.43. The Bertz CT molecular complexity index is 922. The molecule has 134 valence electrons. The Hall–Kier alpha value is -3.07. The van der Waals surface area contributed by atoms with E-state index in [9.17, 15) is 0 Å². The maximum atomic E-state index is 5.10. The number of hydrogen-bond acceptors (Lipinski definition) is 3. The van der Waals surface area contributed by atoms with E-state index in [2.05, 4.69) is 101 Å². The Morgan fingerprint density at radius 3 is 2.04 bits per heavy atom. The van der Waals surface area contributed by atoms with Crippen molar-refractivity contribution in [1.82, 2.24) is 10.2 Å². The second kappa shape index (κ2) is 6.92. The Balaban J connectivity index is 1.45. The Labute approximate surface area is 160 Å². The van der Waals surface area contributed by atoms with Crippen LogP contribution >= 0.6 is 0 Å². The number of hydrogen-bond donors (Lipinski definition) is 1. The summed E-state index contributed by atoms with van der Waals surface area (Å²) < 4.78 is 0. The molecular formula is C24H23N3. The molecule has 0 aromatic heterocycles.